The predicted molar refractivity (Wildman–Crippen MR) is 33.4 cm³/mol. The van der Waals surface area contributed by atoms with E-state index in [0.717, 1.165) is 6.42 Å². The van der Waals surface area contributed by atoms with Crippen molar-refractivity contribution in [3.63, 3.8) is 0 Å². The Morgan fingerprint density at radius 1 is 1.78 bits per heavy atom. The molecule has 0 unspecified atom stereocenters. The maximum absolute atomic E-state index is 10.2. The minimum atomic E-state index is -0.855. The summed E-state index contributed by atoms with van der Waals surface area (Å²) in [6, 6.07) is 0. The molecule has 0 aliphatic carbocycles. The lowest BCUT2D eigenvalue weighted by Gasteiger charge is -2.00. The van der Waals surface area contributed by atoms with Crippen molar-refractivity contribution in [2.24, 2.45) is 4.99 Å². The number of aliphatic carboxylic acids is 1. The second kappa shape index (κ2) is 2.44. The molecular formula is C6H7NO2. The lowest BCUT2D eigenvalue weighted by atomic mass is 10.1. The van der Waals surface area contributed by atoms with E-state index in [1.165, 1.54) is 6.20 Å². The van der Waals surface area contributed by atoms with Gasteiger partial charge in [-0.2, -0.15) is 0 Å². The van der Waals surface area contributed by atoms with E-state index in [4.69, 9.17) is 5.11 Å². The van der Waals surface area contributed by atoms with Crippen LogP contribution in [0.25, 0.3) is 0 Å². The van der Waals surface area contributed by atoms with E-state index in [1.807, 2.05) is 0 Å². The minimum Gasteiger partial charge on any atom is -0.478 e. The third kappa shape index (κ3) is 1.38. The van der Waals surface area contributed by atoms with Crippen molar-refractivity contribution in [1.82, 2.24) is 0 Å². The van der Waals surface area contributed by atoms with Crippen molar-refractivity contribution >= 4 is 12.2 Å². The van der Waals surface area contributed by atoms with E-state index in [0.29, 0.717) is 12.0 Å². The van der Waals surface area contributed by atoms with Crippen LogP contribution in [0, 0.1) is 0 Å². The SMILES string of the molecule is O=C(O)C1=CN=CCC1. The highest BCUT2D eigenvalue weighted by molar-refractivity contribution is 5.87. The van der Waals surface area contributed by atoms with Gasteiger partial charge in [-0.3, -0.25) is 4.99 Å². The van der Waals surface area contributed by atoms with Crippen molar-refractivity contribution in [2.75, 3.05) is 0 Å². The molecule has 0 fully saturated rings. The van der Waals surface area contributed by atoms with Crippen LogP contribution in [0.15, 0.2) is 16.8 Å². The van der Waals surface area contributed by atoms with Gasteiger partial charge in [0.05, 0.1) is 5.57 Å². The molecule has 3 nitrogen and oxygen atoms in total. The largest absolute Gasteiger partial charge is 0.478 e. The number of rotatable bonds is 1. The summed E-state index contributed by atoms with van der Waals surface area (Å²) in [4.78, 5) is 13.9. The van der Waals surface area contributed by atoms with Gasteiger partial charge in [0.1, 0.15) is 0 Å². The molecule has 0 aromatic rings. The first-order valence-electron chi connectivity index (χ1n) is 2.74. The van der Waals surface area contributed by atoms with Crippen molar-refractivity contribution in [3.8, 4) is 0 Å². The van der Waals surface area contributed by atoms with Gasteiger partial charge in [0.25, 0.3) is 0 Å². The first-order valence-corrected chi connectivity index (χ1v) is 2.74. The van der Waals surface area contributed by atoms with Crippen LogP contribution < -0.4 is 0 Å². The van der Waals surface area contributed by atoms with Gasteiger partial charge in [0.2, 0.25) is 0 Å². The quantitative estimate of drug-likeness (QED) is 0.564. The third-order valence-corrected chi connectivity index (χ3v) is 1.15. The summed E-state index contributed by atoms with van der Waals surface area (Å²) in [6.45, 7) is 0. The van der Waals surface area contributed by atoms with E-state index in [1.54, 1.807) is 6.21 Å². The summed E-state index contributed by atoms with van der Waals surface area (Å²) in [5, 5.41) is 8.40. The summed E-state index contributed by atoms with van der Waals surface area (Å²) < 4.78 is 0. The van der Waals surface area contributed by atoms with E-state index >= 15 is 0 Å². The zero-order chi connectivity index (χ0) is 6.69. The Morgan fingerprint density at radius 2 is 2.56 bits per heavy atom. The molecule has 1 N–H and O–H groups in total. The van der Waals surface area contributed by atoms with E-state index in [2.05, 4.69) is 4.99 Å². The van der Waals surface area contributed by atoms with Gasteiger partial charge in [-0.1, -0.05) is 0 Å². The molecule has 0 spiro atoms. The lowest BCUT2D eigenvalue weighted by Crippen LogP contribution is -2.02. The number of nitrogens with zero attached hydrogens (tertiary/aromatic N) is 1. The number of carbonyl (C=O) groups is 1. The molecule has 0 atom stereocenters. The Hall–Kier alpha value is -1.12. The second-order valence-electron chi connectivity index (χ2n) is 1.83. The predicted octanol–water partition coefficient (Wildman–Crippen LogP) is 0.820. The van der Waals surface area contributed by atoms with Gasteiger partial charge < -0.3 is 5.11 Å². The third-order valence-electron chi connectivity index (χ3n) is 1.15. The van der Waals surface area contributed by atoms with E-state index < -0.39 is 5.97 Å². The highest BCUT2D eigenvalue weighted by atomic mass is 16.4. The summed E-state index contributed by atoms with van der Waals surface area (Å²) >= 11 is 0. The van der Waals surface area contributed by atoms with Crippen LogP contribution in [0.3, 0.4) is 0 Å². The van der Waals surface area contributed by atoms with Crippen LogP contribution in [0.5, 0.6) is 0 Å². The molecule has 3 heteroatoms. The molecule has 1 heterocycles. The molecule has 0 bridgehead atoms. The molecule has 0 saturated heterocycles. The van der Waals surface area contributed by atoms with Gasteiger partial charge in [0.15, 0.2) is 0 Å². The van der Waals surface area contributed by atoms with Crippen LogP contribution in [0.2, 0.25) is 0 Å². The first kappa shape index (κ1) is 6.01. The first-order chi connectivity index (χ1) is 4.30. The Balaban J connectivity index is 2.68. The van der Waals surface area contributed by atoms with Crippen molar-refractivity contribution in [2.45, 2.75) is 12.8 Å². The van der Waals surface area contributed by atoms with Crippen LogP contribution in [0.4, 0.5) is 0 Å². The molecule has 0 radical (unpaired) electrons. The molecule has 0 saturated carbocycles. The standard InChI is InChI=1S/C6H7NO2/c8-6(9)5-2-1-3-7-4-5/h3-4H,1-2H2,(H,8,9). The maximum Gasteiger partial charge on any atom is 0.333 e. The monoisotopic (exact) mass is 125 g/mol. The normalized spacial score (nSPS) is 17.1. The van der Waals surface area contributed by atoms with Crippen LogP contribution in [0.1, 0.15) is 12.8 Å². The van der Waals surface area contributed by atoms with Gasteiger partial charge in [-0.25, -0.2) is 4.79 Å². The fourth-order valence-electron chi connectivity index (χ4n) is 0.664. The topological polar surface area (TPSA) is 49.7 Å². The molecule has 0 aromatic carbocycles. The summed E-state index contributed by atoms with van der Waals surface area (Å²) in [7, 11) is 0. The smallest absolute Gasteiger partial charge is 0.333 e. The Bertz CT molecular complexity index is 181. The number of carboxylic acid groups (broad SMARTS) is 1. The molecule has 9 heavy (non-hydrogen) atoms. The van der Waals surface area contributed by atoms with Gasteiger partial charge in [0, 0.05) is 12.4 Å². The van der Waals surface area contributed by atoms with Crippen molar-refractivity contribution in [3.05, 3.63) is 11.8 Å². The van der Waals surface area contributed by atoms with Crippen LogP contribution in [-0.4, -0.2) is 17.3 Å². The zero-order valence-electron chi connectivity index (χ0n) is 4.87. The Labute approximate surface area is 52.7 Å². The molecule has 0 amide bonds. The molecular weight excluding hydrogens is 118 g/mol. The van der Waals surface area contributed by atoms with Crippen molar-refractivity contribution in [1.29, 1.82) is 0 Å². The van der Waals surface area contributed by atoms with Crippen molar-refractivity contribution < 1.29 is 9.90 Å². The number of aliphatic imine (C=N–C) groups is 1. The van der Waals surface area contributed by atoms with E-state index in [-0.39, 0.29) is 0 Å². The van der Waals surface area contributed by atoms with Crippen LogP contribution in [-0.2, 0) is 4.79 Å². The summed E-state index contributed by atoms with van der Waals surface area (Å²) in [5.41, 5.74) is 0.400. The summed E-state index contributed by atoms with van der Waals surface area (Å²) in [5.74, 6) is -0.855. The molecule has 1 aliphatic rings. The highest BCUT2D eigenvalue weighted by Gasteiger charge is 2.06. The molecule has 1 rings (SSSR count). The molecule has 1 aliphatic heterocycles. The van der Waals surface area contributed by atoms with Gasteiger partial charge in [-0.05, 0) is 12.8 Å². The fraction of sp³-hybridized carbons (Fsp3) is 0.333. The maximum atomic E-state index is 10.2. The van der Waals surface area contributed by atoms with Gasteiger partial charge >= 0.3 is 5.97 Å². The Kier molecular flexibility index (Phi) is 1.63. The minimum absolute atomic E-state index is 0.400. The van der Waals surface area contributed by atoms with Gasteiger partial charge in [-0.15, -0.1) is 0 Å². The number of hydrogen-bond acceptors (Lipinski definition) is 2. The fourth-order valence-corrected chi connectivity index (χ4v) is 0.664. The Morgan fingerprint density at radius 3 is 2.89 bits per heavy atom. The summed E-state index contributed by atoms with van der Waals surface area (Å²) in [6.07, 6.45) is 4.47. The molecule has 48 valence electrons. The highest BCUT2D eigenvalue weighted by Crippen LogP contribution is 2.07. The number of carboxylic acids is 1. The number of hydrogen-bond donors (Lipinski definition) is 1. The van der Waals surface area contributed by atoms with Crippen LogP contribution >= 0.6 is 0 Å². The lowest BCUT2D eigenvalue weighted by molar-refractivity contribution is -0.132. The molecule has 0 aromatic heterocycles. The van der Waals surface area contributed by atoms with E-state index in [9.17, 15) is 4.79 Å². The average Bonchev–Trinajstić information content (AvgIpc) is 1.90. The second-order valence-corrected chi connectivity index (χ2v) is 1.83. The average molecular weight is 125 g/mol. The zero-order valence-corrected chi connectivity index (χ0v) is 4.87.